The van der Waals surface area contributed by atoms with Crippen LogP contribution in [0.2, 0.25) is 0 Å². The first-order valence-corrected chi connectivity index (χ1v) is 14.6. The van der Waals surface area contributed by atoms with E-state index in [2.05, 4.69) is 156 Å². The molecule has 0 spiro atoms. The fourth-order valence-corrected chi connectivity index (χ4v) is 5.64. The third-order valence-corrected chi connectivity index (χ3v) is 7.71. The molecule has 5 aromatic carbocycles. The molecule has 3 nitrogen and oxygen atoms in total. The minimum absolute atomic E-state index is 0.0739. The summed E-state index contributed by atoms with van der Waals surface area (Å²) in [7, 11) is 0. The molecule has 1 aromatic heterocycles. The number of rotatable bonds is 7. The molecular formula is C40H31N3. The summed E-state index contributed by atoms with van der Waals surface area (Å²) in [6, 6.07) is 51.6. The molecule has 7 rings (SSSR count). The number of hydrogen-bond acceptors (Lipinski definition) is 3. The largest absolute Gasteiger partial charge is 0.381 e. The van der Waals surface area contributed by atoms with Gasteiger partial charge in [0.25, 0.3) is 0 Å². The number of hydrogen-bond donors (Lipinski definition) is 1. The Hall–Kier alpha value is -5.67. The molecule has 3 heteroatoms. The van der Waals surface area contributed by atoms with Gasteiger partial charge in [0.1, 0.15) is 0 Å². The van der Waals surface area contributed by atoms with Gasteiger partial charge in [0, 0.05) is 28.8 Å². The van der Waals surface area contributed by atoms with E-state index in [9.17, 15) is 0 Å². The molecule has 0 amide bonds. The average molecular weight is 554 g/mol. The molecule has 1 atom stereocenters. The van der Waals surface area contributed by atoms with Crippen LogP contribution in [0.15, 0.2) is 176 Å². The van der Waals surface area contributed by atoms with E-state index < -0.39 is 0 Å². The monoisotopic (exact) mass is 553 g/mol. The van der Waals surface area contributed by atoms with E-state index >= 15 is 0 Å². The third-order valence-electron chi connectivity index (χ3n) is 7.71. The quantitative estimate of drug-likeness (QED) is 0.213. The van der Waals surface area contributed by atoms with Crippen molar-refractivity contribution in [3.05, 3.63) is 182 Å². The summed E-state index contributed by atoms with van der Waals surface area (Å²) in [6.07, 6.45) is 10.2. The Balaban J connectivity index is 1.47. The van der Waals surface area contributed by atoms with Gasteiger partial charge in [-0.05, 0) is 101 Å². The first-order chi connectivity index (χ1) is 21.3. The van der Waals surface area contributed by atoms with Gasteiger partial charge in [-0.25, -0.2) is 0 Å². The van der Waals surface area contributed by atoms with E-state index in [-0.39, 0.29) is 6.04 Å². The molecule has 1 aliphatic heterocycles. The number of nitrogens with zero attached hydrogens (tertiary/aromatic N) is 2. The predicted molar refractivity (Wildman–Crippen MR) is 179 cm³/mol. The summed E-state index contributed by atoms with van der Waals surface area (Å²) in [4.78, 5) is 7.08. The van der Waals surface area contributed by atoms with Crippen LogP contribution < -0.4 is 10.2 Å². The zero-order valence-electron chi connectivity index (χ0n) is 23.7. The Morgan fingerprint density at radius 3 is 1.72 bits per heavy atom. The molecule has 0 fully saturated rings. The van der Waals surface area contributed by atoms with E-state index in [4.69, 9.17) is 4.98 Å². The minimum Gasteiger partial charge on any atom is -0.381 e. The molecule has 0 bridgehead atoms. The molecule has 1 aliphatic rings. The first-order valence-electron chi connectivity index (χ1n) is 14.6. The van der Waals surface area contributed by atoms with Crippen LogP contribution in [0.1, 0.15) is 11.6 Å². The second kappa shape index (κ2) is 12.1. The van der Waals surface area contributed by atoms with E-state index in [1.165, 1.54) is 16.7 Å². The molecular weight excluding hydrogens is 522 g/mol. The molecule has 6 aromatic rings. The van der Waals surface area contributed by atoms with Gasteiger partial charge in [-0.2, -0.15) is 0 Å². The van der Waals surface area contributed by atoms with Gasteiger partial charge in [-0.1, -0.05) is 97.1 Å². The highest BCUT2D eigenvalue weighted by molar-refractivity contribution is 5.86. The second-order valence-electron chi connectivity index (χ2n) is 10.6. The molecule has 1 unspecified atom stereocenters. The molecule has 43 heavy (non-hydrogen) atoms. The van der Waals surface area contributed by atoms with Crippen LogP contribution in [0.25, 0.3) is 33.5 Å². The number of allylic oxidation sites excluding steroid dienone is 2. The van der Waals surface area contributed by atoms with Crippen LogP contribution in [-0.4, -0.2) is 4.98 Å². The van der Waals surface area contributed by atoms with Gasteiger partial charge >= 0.3 is 0 Å². The van der Waals surface area contributed by atoms with Crippen molar-refractivity contribution in [2.24, 2.45) is 0 Å². The van der Waals surface area contributed by atoms with Crippen molar-refractivity contribution < 1.29 is 0 Å². The van der Waals surface area contributed by atoms with Crippen molar-refractivity contribution in [1.82, 2.24) is 10.3 Å². The Kier molecular flexibility index (Phi) is 7.36. The van der Waals surface area contributed by atoms with Gasteiger partial charge in [0.2, 0.25) is 0 Å². The van der Waals surface area contributed by atoms with Crippen LogP contribution in [0.5, 0.6) is 0 Å². The maximum Gasteiger partial charge on any atom is 0.0702 e. The van der Waals surface area contributed by atoms with Crippen molar-refractivity contribution >= 4 is 17.1 Å². The van der Waals surface area contributed by atoms with E-state index in [1.807, 2.05) is 30.6 Å². The third kappa shape index (κ3) is 5.74. The standard InChI is InChI=1S/C40H31N3/c1-4-14-30(15-5-1)32-24-34(39-20-10-12-22-41-39)28-37(26-32)43(36-18-8-3-9-19-36)38-27-33(31-16-6-2-7-17-31)25-35(29-38)40-21-11-13-23-42-40/h1-29,39,41H. The average Bonchev–Trinajstić information content (AvgIpc) is 3.10. The maximum atomic E-state index is 4.72. The zero-order valence-corrected chi connectivity index (χ0v) is 23.7. The van der Waals surface area contributed by atoms with Crippen molar-refractivity contribution in [2.45, 2.75) is 6.04 Å². The summed E-state index contributed by atoms with van der Waals surface area (Å²) < 4.78 is 0. The van der Waals surface area contributed by atoms with Crippen LogP contribution >= 0.6 is 0 Å². The molecule has 0 saturated heterocycles. The Morgan fingerprint density at radius 1 is 0.488 bits per heavy atom. The molecule has 0 aliphatic carbocycles. The van der Waals surface area contributed by atoms with Gasteiger partial charge in [0.15, 0.2) is 0 Å². The lowest BCUT2D eigenvalue weighted by Crippen LogP contribution is -2.16. The molecule has 2 heterocycles. The molecule has 206 valence electrons. The highest BCUT2D eigenvalue weighted by Crippen LogP contribution is 2.41. The van der Waals surface area contributed by atoms with Gasteiger partial charge in [-0.3, -0.25) is 4.98 Å². The minimum atomic E-state index is 0.0739. The van der Waals surface area contributed by atoms with Gasteiger partial charge < -0.3 is 10.2 Å². The number of aromatic nitrogens is 1. The molecule has 0 radical (unpaired) electrons. The lowest BCUT2D eigenvalue weighted by molar-refractivity contribution is 0.747. The number of nitrogens with one attached hydrogen (secondary N) is 1. The lowest BCUT2D eigenvalue weighted by Gasteiger charge is -2.29. The fraction of sp³-hybridized carbons (Fsp3) is 0.0250. The van der Waals surface area contributed by atoms with Crippen molar-refractivity contribution in [3.8, 4) is 33.5 Å². The van der Waals surface area contributed by atoms with Crippen LogP contribution in [0, 0.1) is 0 Å². The SMILES string of the molecule is C1=CNC(c2cc(-c3ccccc3)cc(N(c3ccccc3)c3cc(-c4ccccc4)cc(-c4ccccn4)c3)c2)C=C1. The van der Waals surface area contributed by atoms with Crippen LogP contribution in [0.4, 0.5) is 17.1 Å². The number of pyridine rings is 1. The van der Waals surface area contributed by atoms with E-state index in [0.717, 1.165) is 39.4 Å². The summed E-state index contributed by atoms with van der Waals surface area (Å²) in [5.41, 5.74) is 11.1. The first kappa shape index (κ1) is 26.2. The van der Waals surface area contributed by atoms with Crippen molar-refractivity contribution in [1.29, 1.82) is 0 Å². The highest BCUT2D eigenvalue weighted by Gasteiger charge is 2.19. The van der Waals surface area contributed by atoms with Crippen LogP contribution in [-0.2, 0) is 0 Å². The van der Waals surface area contributed by atoms with E-state index in [1.54, 1.807) is 0 Å². The Labute approximate surface area is 253 Å². The second-order valence-corrected chi connectivity index (χ2v) is 10.6. The van der Waals surface area contributed by atoms with Gasteiger partial charge in [-0.15, -0.1) is 0 Å². The number of anilines is 3. The van der Waals surface area contributed by atoms with E-state index in [0.29, 0.717) is 0 Å². The summed E-state index contributed by atoms with van der Waals surface area (Å²) in [6.45, 7) is 0. The Morgan fingerprint density at radius 2 is 1.09 bits per heavy atom. The van der Waals surface area contributed by atoms with Gasteiger partial charge in [0.05, 0.1) is 11.7 Å². The molecule has 1 N–H and O–H groups in total. The summed E-state index contributed by atoms with van der Waals surface area (Å²) in [5.74, 6) is 0. The fourth-order valence-electron chi connectivity index (χ4n) is 5.64. The predicted octanol–water partition coefficient (Wildman–Crippen LogP) is 10.3. The van der Waals surface area contributed by atoms with Crippen molar-refractivity contribution in [3.63, 3.8) is 0 Å². The smallest absolute Gasteiger partial charge is 0.0702 e. The normalized spacial score (nSPS) is 13.8. The number of para-hydroxylation sites is 1. The number of benzene rings is 5. The topological polar surface area (TPSA) is 28.2 Å². The molecule has 0 saturated carbocycles. The Bertz CT molecular complexity index is 1820. The summed E-state index contributed by atoms with van der Waals surface area (Å²) in [5, 5.41) is 3.53. The highest BCUT2D eigenvalue weighted by atomic mass is 15.1. The lowest BCUT2D eigenvalue weighted by atomic mass is 9.96. The maximum absolute atomic E-state index is 4.72. The zero-order chi connectivity index (χ0) is 28.8. The van der Waals surface area contributed by atoms with Crippen LogP contribution in [0.3, 0.4) is 0 Å². The van der Waals surface area contributed by atoms with Crippen molar-refractivity contribution in [2.75, 3.05) is 4.90 Å². The summed E-state index contributed by atoms with van der Waals surface area (Å²) >= 11 is 0. The number of dihydropyridines is 1.